The van der Waals surface area contributed by atoms with Crippen LogP contribution in [0.5, 0.6) is 5.75 Å². The van der Waals surface area contributed by atoms with E-state index in [1.54, 1.807) is 24.3 Å². The highest BCUT2D eigenvalue weighted by atomic mass is 16.5. The van der Waals surface area contributed by atoms with Gasteiger partial charge in [0.05, 0.1) is 17.3 Å². The van der Waals surface area contributed by atoms with Gasteiger partial charge in [-0.3, -0.25) is 9.59 Å². The van der Waals surface area contributed by atoms with Gasteiger partial charge < -0.3 is 24.4 Å². The largest absolute Gasteiger partial charge is 0.484 e. The fourth-order valence-corrected chi connectivity index (χ4v) is 3.20. The summed E-state index contributed by atoms with van der Waals surface area (Å²) in [6.07, 6.45) is 2.02. The van der Waals surface area contributed by atoms with Crippen LogP contribution in [0, 0.1) is 0 Å². The number of carbonyl (C=O) groups is 2. The Morgan fingerprint density at radius 3 is 2.71 bits per heavy atom. The third kappa shape index (κ3) is 4.92. The monoisotopic (exact) mass is 418 g/mol. The fraction of sp³-hybridized carbons (Fsp3) is 0.174. The zero-order valence-electron chi connectivity index (χ0n) is 17.0. The summed E-state index contributed by atoms with van der Waals surface area (Å²) in [7, 11) is 1.92. The van der Waals surface area contributed by atoms with Crippen LogP contribution >= 0.6 is 0 Å². The Morgan fingerprint density at radius 1 is 1.10 bits per heavy atom. The van der Waals surface area contributed by atoms with Crippen LogP contribution in [0.2, 0.25) is 0 Å². The smallest absolute Gasteiger partial charge is 0.286 e. The molecule has 4 rings (SSSR count). The number of para-hydroxylation sites is 1. The first-order valence-electron chi connectivity index (χ1n) is 9.85. The maximum absolute atomic E-state index is 12.2. The number of nitrogens with zero attached hydrogens (tertiary/aromatic N) is 2. The number of hydrogen-bond acceptors (Lipinski definition) is 5. The first-order chi connectivity index (χ1) is 15.1. The van der Waals surface area contributed by atoms with Gasteiger partial charge in [0.15, 0.2) is 12.4 Å². The van der Waals surface area contributed by atoms with Crippen molar-refractivity contribution in [1.29, 1.82) is 0 Å². The van der Waals surface area contributed by atoms with E-state index in [1.807, 2.05) is 48.0 Å². The molecule has 0 aliphatic rings. The van der Waals surface area contributed by atoms with Gasteiger partial charge in [0.1, 0.15) is 11.6 Å². The van der Waals surface area contributed by atoms with Gasteiger partial charge >= 0.3 is 0 Å². The molecule has 0 spiro atoms. The predicted octanol–water partition coefficient (Wildman–Crippen LogP) is 3.16. The molecule has 31 heavy (non-hydrogen) atoms. The van der Waals surface area contributed by atoms with Gasteiger partial charge in [-0.15, -0.1) is 0 Å². The molecule has 4 aromatic rings. The number of benzene rings is 2. The average Bonchev–Trinajstić information content (AvgIpc) is 3.42. The van der Waals surface area contributed by atoms with Crippen molar-refractivity contribution in [2.24, 2.45) is 7.05 Å². The predicted molar refractivity (Wildman–Crippen MR) is 116 cm³/mol. The summed E-state index contributed by atoms with van der Waals surface area (Å²) in [4.78, 5) is 28.8. The number of carbonyl (C=O) groups excluding carboxylic acids is 2. The Labute approximate surface area is 178 Å². The summed E-state index contributed by atoms with van der Waals surface area (Å²) < 4.78 is 12.5. The van der Waals surface area contributed by atoms with Crippen LogP contribution < -0.4 is 15.4 Å². The second kappa shape index (κ2) is 9.17. The minimum absolute atomic E-state index is 0.0785. The van der Waals surface area contributed by atoms with Crippen LogP contribution in [0.15, 0.2) is 71.3 Å². The first kappa shape index (κ1) is 20.2. The summed E-state index contributed by atoms with van der Waals surface area (Å²) in [6, 6.07) is 18.0. The zero-order valence-corrected chi connectivity index (χ0v) is 17.0. The van der Waals surface area contributed by atoms with Crippen molar-refractivity contribution in [2.45, 2.75) is 6.42 Å². The topological polar surface area (TPSA) is 98.4 Å². The number of fused-ring (bicyclic) bond motifs is 1. The number of nitrogens with one attached hydrogen (secondary N) is 2. The molecular weight excluding hydrogens is 396 g/mol. The Kier molecular flexibility index (Phi) is 5.98. The molecule has 0 bridgehead atoms. The molecule has 8 heteroatoms. The number of hydrogen-bond donors (Lipinski definition) is 2. The van der Waals surface area contributed by atoms with Crippen LogP contribution in [0.3, 0.4) is 0 Å². The molecule has 0 unspecified atom stereocenters. The van der Waals surface area contributed by atoms with Crippen molar-refractivity contribution >= 4 is 28.5 Å². The highest BCUT2D eigenvalue weighted by molar-refractivity contribution is 5.94. The minimum Gasteiger partial charge on any atom is -0.484 e. The van der Waals surface area contributed by atoms with Crippen molar-refractivity contribution in [1.82, 2.24) is 14.9 Å². The molecule has 0 radical (unpaired) electrons. The lowest BCUT2D eigenvalue weighted by atomic mass is 10.2. The molecule has 0 atom stereocenters. The first-order valence-corrected chi connectivity index (χ1v) is 9.85. The highest BCUT2D eigenvalue weighted by Gasteiger charge is 2.12. The van der Waals surface area contributed by atoms with E-state index < -0.39 is 0 Å². The standard InChI is InChI=1S/C23H22N4O4/c1-27-19-10-9-16(25-22(28)15-31-17-6-3-2-4-7-17)14-18(19)26-21(27)11-12-24-23(29)20-8-5-13-30-20/h2-10,13-14H,11-12,15H2,1H3,(H,24,29)(H,25,28). The molecule has 0 aliphatic carbocycles. The second-order valence-electron chi connectivity index (χ2n) is 6.92. The van der Waals surface area contributed by atoms with E-state index in [4.69, 9.17) is 9.15 Å². The molecule has 2 aromatic carbocycles. The van der Waals surface area contributed by atoms with Crippen molar-refractivity contribution in [3.05, 3.63) is 78.5 Å². The SMILES string of the molecule is Cn1c(CCNC(=O)c2ccco2)nc2cc(NC(=O)COc3ccccc3)ccc21. The number of furan rings is 1. The molecule has 0 aliphatic heterocycles. The Balaban J connectivity index is 1.35. The number of aromatic nitrogens is 2. The van der Waals surface area contributed by atoms with Gasteiger partial charge in [-0.1, -0.05) is 18.2 Å². The van der Waals surface area contributed by atoms with E-state index in [0.29, 0.717) is 24.4 Å². The summed E-state index contributed by atoms with van der Waals surface area (Å²) in [6.45, 7) is 0.349. The lowest BCUT2D eigenvalue weighted by molar-refractivity contribution is -0.118. The molecule has 2 N–H and O–H groups in total. The Hall–Kier alpha value is -4.07. The molecule has 0 saturated carbocycles. The molecular formula is C23H22N4O4. The van der Waals surface area contributed by atoms with Crippen LogP contribution in [0.4, 0.5) is 5.69 Å². The molecule has 2 heterocycles. The molecule has 0 fully saturated rings. The summed E-state index contributed by atoms with van der Waals surface area (Å²) >= 11 is 0. The van der Waals surface area contributed by atoms with Crippen molar-refractivity contribution < 1.29 is 18.7 Å². The molecule has 2 amide bonds. The number of amides is 2. The lowest BCUT2D eigenvalue weighted by Gasteiger charge is -2.07. The lowest BCUT2D eigenvalue weighted by Crippen LogP contribution is -2.25. The van der Waals surface area contributed by atoms with E-state index in [2.05, 4.69) is 15.6 Å². The highest BCUT2D eigenvalue weighted by Crippen LogP contribution is 2.20. The number of rotatable bonds is 8. The average molecular weight is 418 g/mol. The van der Waals surface area contributed by atoms with Crippen molar-refractivity contribution in [3.63, 3.8) is 0 Å². The van der Waals surface area contributed by atoms with Gasteiger partial charge in [-0.2, -0.15) is 0 Å². The molecule has 158 valence electrons. The molecule has 0 saturated heterocycles. The number of anilines is 1. The van der Waals surface area contributed by atoms with E-state index in [0.717, 1.165) is 16.9 Å². The third-order valence-corrected chi connectivity index (χ3v) is 4.75. The van der Waals surface area contributed by atoms with Gasteiger partial charge in [0.25, 0.3) is 11.8 Å². The van der Waals surface area contributed by atoms with Crippen molar-refractivity contribution in [3.8, 4) is 5.75 Å². The van der Waals surface area contributed by atoms with Crippen LogP contribution in [0.1, 0.15) is 16.4 Å². The van der Waals surface area contributed by atoms with Gasteiger partial charge in [0, 0.05) is 25.7 Å². The summed E-state index contributed by atoms with van der Waals surface area (Å²) in [5.41, 5.74) is 2.34. The normalized spacial score (nSPS) is 10.7. The summed E-state index contributed by atoms with van der Waals surface area (Å²) in [5.74, 6) is 1.24. The van der Waals surface area contributed by atoms with Gasteiger partial charge in [-0.25, -0.2) is 4.98 Å². The molecule has 8 nitrogen and oxygen atoms in total. The fourth-order valence-electron chi connectivity index (χ4n) is 3.20. The van der Waals surface area contributed by atoms with Crippen molar-refractivity contribution in [2.75, 3.05) is 18.5 Å². The number of imidazole rings is 1. The number of aryl methyl sites for hydroxylation is 1. The van der Waals surface area contributed by atoms with Gasteiger partial charge in [-0.05, 0) is 42.5 Å². The van der Waals surface area contributed by atoms with Crippen LogP contribution in [0.25, 0.3) is 11.0 Å². The third-order valence-electron chi connectivity index (χ3n) is 4.75. The maximum atomic E-state index is 12.2. The van der Waals surface area contributed by atoms with Crippen LogP contribution in [-0.4, -0.2) is 34.5 Å². The van der Waals surface area contributed by atoms with E-state index in [9.17, 15) is 9.59 Å². The zero-order chi connectivity index (χ0) is 21.6. The Morgan fingerprint density at radius 2 is 1.94 bits per heavy atom. The number of ether oxygens (including phenoxy) is 1. The van der Waals surface area contributed by atoms with Gasteiger partial charge in [0.2, 0.25) is 0 Å². The summed E-state index contributed by atoms with van der Waals surface area (Å²) in [5, 5.41) is 5.64. The minimum atomic E-state index is -0.258. The van der Waals surface area contributed by atoms with E-state index >= 15 is 0 Å². The molecule has 2 aromatic heterocycles. The maximum Gasteiger partial charge on any atom is 0.286 e. The van der Waals surface area contributed by atoms with E-state index in [-0.39, 0.29) is 24.2 Å². The second-order valence-corrected chi connectivity index (χ2v) is 6.92. The Bertz CT molecular complexity index is 1180. The van der Waals surface area contributed by atoms with E-state index in [1.165, 1.54) is 6.26 Å². The quantitative estimate of drug-likeness (QED) is 0.458. The van der Waals surface area contributed by atoms with Crippen LogP contribution in [-0.2, 0) is 18.3 Å².